The quantitative estimate of drug-likeness (QED) is 0.811. The van der Waals surface area contributed by atoms with Gasteiger partial charge in [0.1, 0.15) is 16.7 Å². The Morgan fingerprint density at radius 1 is 1.35 bits per heavy atom. The molecule has 20 heavy (non-hydrogen) atoms. The van der Waals surface area contributed by atoms with Crippen molar-refractivity contribution in [3.8, 4) is 5.75 Å². The first-order chi connectivity index (χ1) is 9.47. The third kappa shape index (κ3) is 3.61. The smallest absolute Gasteiger partial charge is 0.335 e. The van der Waals surface area contributed by atoms with Gasteiger partial charge < -0.3 is 15.2 Å². The fourth-order valence-corrected chi connectivity index (χ4v) is 2.27. The highest BCUT2D eigenvalue weighted by Gasteiger charge is 2.08. The first-order valence-corrected chi connectivity index (χ1v) is 6.67. The third-order valence-electron chi connectivity index (χ3n) is 2.42. The number of benzene rings is 1. The van der Waals surface area contributed by atoms with Crippen LogP contribution in [-0.2, 0) is 0 Å². The van der Waals surface area contributed by atoms with Crippen molar-refractivity contribution in [1.29, 1.82) is 0 Å². The van der Waals surface area contributed by atoms with Gasteiger partial charge in [-0.3, -0.25) is 0 Å². The Balaban J connectivity index is 2.34. The number of carboxylic acids is 1. The molecule has 0 aliphatic heterocycles. The Morgan fingerprint density at radius 2 is 2.10 bits per heavy atom. The third-order valence-corrected chi connectivity index (χ3v) is 3.07. The standard InChI is InChI=1S/C13H10BrClN2O3/c1-20-10-5-8(14)4-9(6-10)16-12-3-7(13(18)19)2-11(15)17-12/h2-6H,1H3,(H,16,17)(H,18,19). The van der Waals surface area contributed by atoms with Crippen molar-refractivity contribution < 1.29 is 14.6 Å². The number of aromatic nitrogens is 1. The van der Waals surface area contributed by atoms with Crippen LogP contribution in [0, 0.1) is 0 Å². The molecule has 2 N–H and O–H groups in total. The van der Waals surface area contributed by atoms with Crippen molar-refractivity contribution in [2.75, 3.05) is 12.4 Å². The molecule has 0 saturated heterocycles. The zero-order valence-corrected chi connectivity index (χ0v) is 12.7. The lowest BCUT2D eigenvalue weighted by atomic mass is 10.2. The summed E-state index contributed by atoms with van der Waals surface area (Å²) in [6.07, 6.45) is 0. The fourth-order valence-electron chi connectivity index (χ4n) is 1.59. The fraction of sp³-hybridized carbons (Fsp3) is 0.0769. The van der Waals surface area contributed by atoms with E-state index < -0.39 is 5.97 Å². The molecular formula is C13H10BrClN2O3. The van der Waals surface area contributed by atoms with Crippen molar-refractivity contribution in [3.05, 3.63) is 45.5 Å². The van der Waals surface area contributed by atoms with Gasteiger partial charge >= 0.3 is 5.97 Å². The second-order valence-corrected chi connectivity index (χ2v) is 5.18. The van der Waals surface area contributed by atoms with Crippen molar-refractivity contribution in [3.63, 3.8) is 0 Å². The summed E-state index contributed by atoms with van der Waals surface area (Å²) in [6, 6.07) is 8.07. The van der Waals surface area contributed by atoms with Gasteiger partial charge in [-0.1, -0.05) is 27.5 Å². The number of nitrogens with zero attached hydrogens (tertiary/aromatic N) is 1. The molecule has 0 spiro atoms. The minimum atomic E-state index is -1.07. The van der Waals surface area contributed by atoms with E-state index in [1.807, 2.05) is 6.07 Å². The molecule has 2 aromatic rings. The number of rotatable bonds is 4. The molecule has 0 aliphatic rings. The summed E-state index contributed by atoms with van der Waals surface area (Å²) in [5.41, 5.74) is 0.761. The molecule has 0 aliphatic carbocycles. The second kappa shape index (κ2) is 6.11. The van der Waals surface area contributed by atoms with Gasteiger partial charge in [0, 0.05) is 16.2 Å². The van der Waals surface area contributed by atoms with Crippen LogP contribution in [0.1, 0.15) is 10.4 Å². The van der Waals surface area contributed by atoms with E-state index in [9.17, 15) is 4.79 Å². The number of hydrogen-bond donors (Lipinski definition) is 2. The van der Waals surface area contributed by atoms with E-state index in [4.69, 9.17) is 21.4 Å². The van der Waals surface area contributed by atoms with Gasteiger partial charge in [0.2, 0.25) is 0 Å². The van der Waals surface area contributed by atoms with Gasteiger partial charge in [0.15, 0.2) is 0 Å². The molecule has 1 aromatic heterocycles. The Kier molecular flexibility index (Phi) is 4.46. The highest BCUT2D eigenvalue weighted by molar-refractivity contribution is 9.10. The van der Waals surface area contributed by atoms with Gasteiger partial charge in [0.25, 0.3) is 0 Å². The molecule has 0 bridgehead atoms. The molecule has 0 saturated carbocycles. The number of nitrogens with one attached hydrogen (secondary N) is 1. The zero-order chi connectivity index (χ0) is 14.7. The Hall–Kier alpha value is -1.79. The van der Waals surface area contributed by atoms with Gasteiger partial charge in [-0.25, -0.2) is 9.78 Å². The Labute approximate surface area is 128 Å². The molecule has 0 unspecified atom stereocenters. The van der Waals surface area contributed by atoms with Crippen LogP contribution < -0.4 is 10.1 Å². The van der Waals surface area contributed by atoms with E-state index >= 15 is 0 Å². The van der Waals surface area contributed by atoms with Crippen LogP contribution >= 0.6 is 27.5 Å². The minimum Gasteiger partial charge on any atom is -0.497 e. The molecule has 5 nitrogen and oxygen atoms in total. The molecule has 7 heteroatoms. The highest BCUT2D eigenvalue weighted by atomic mass is 79.9. The maximum absolute atomic E-state index is 11.0. The molecule has 104 valence electrons. The number of pyridine rings is 1. The number of hydrogen-bond acceptors (Lipinski definition) is 4. The lowest BCUT2D eigenvalue weighted by Gasteiger charge is -2.09. The number of ether oxygens (including phenoxy) is 1. The number of carboxylic acid groups (broad SMARTS) is 1. The SMILES string of the molecule is COc1cc(Br)cc(Nc2cc(C(=O)O)cc(Cl)n2)c1. The van der Waals surface area contributed by atoms with E-state index in [2.05, 4.69) is 26.2 Å². The van der Waals surface area contributed by atoms with Crippen LogP contribution in [0.5, 0.6) is 5.75 Å². The van der Waals surface area contributed by atoms with E-state index in [0.29, 0.717) is 17.3 Å². The molecule has 1 aromatic carbocycles. The first-order valence-electron chi connectivity index (χ1n) is 5.50. The van der Waals surface area contributed by atoms with Crippen LogP contribution in [0.3, 0.4) is 0 Å². The molecule has 0 amide bonds. The zero-order valence-electron chi connectivity index (χ0n) is 10.4. The van der Waals surface area contributed by atoms with Crippen LogP contribution in [0.15, 0.2) is 34.8 Å². The van der Waals surface area contributed by atoms with Crippen molar-refractivity contribution >= 4 is 45.0 Å². The summed E-state index contributed by atoms with van der Waals surface area (Å²) in [5, 5.41) is 12.1. The van der Waals surface area contributed by atoms with Crippen LogP contribution in [0.2, 0.25) is 5.15 Å². The second-order valence-electron chi connectivity index (χ2n) is 3.87. The summed E-state index contributed by atoms with van der Waals surface area (Å²) in [5.74, 6) is -0.0680. The summed E-state index contributed by atoms with van der Waals surface area (Å²) >= 11 is 9.16. The number of carbonyl (C=O) groups is 1. The molecular weight excluding hydrogens is 348 g/mol. The monoisotopic (exact) mass is 356 g/mol. The number of anilines is 2. The van der Waals surface area contributed by atoms with Crippen LogP contribution in [0.25, 0.3) is 0 Å². The number of methoxy groups -OCH3 is 1. The van der Waals surface area contributed by atoms with Crippen molar-refractivity contribution in [1.82, 2.24) is 4.98 Å². The summed E-state index contributed by atoms with van der Waals surface area (Å²) in [6.45, 7) is 0. The predicted octanol–water partition coefficient (Wildman–Crippen LogP) is 3.95. The molecule has 0 atom stereocenters. The van der Waals surface area contributed by atoms with Gasteiger partial charge in [-0.2, -0.15) is 0 Å². The first kappa shape index (κ1) is 14.6. The lowest BCUT2D eigenvalue weighted by molar-refractivity contribution is 0.0697. The van der Waals surface area contributed by atoms with E-state index in [-0.39, 0.29) is 10.7 Å². The number of aromatic carboxylic acids is 1. The normalized spacial score (nSPS) is 10.2. The largest absolute Gasteiger partial charge is 0.497 e. The molecule has 0 fully saturated rings. The lowest BCUT2D eigenvalue weighted by Crippen LogP contribution is -2.01. The van der Waals surface area contributed by atoms with Crippen molar-refractivity contribution in [2.24, 2.45) is 0 Å². The van der Waals surface area contributed by atoms with Crippen LogP contribution in [0.4, 0.5) is 11.5 Å². The maximum Gasteiger partial charge on any atom is 0.335 e. The Morgan fingerprint density at radius 3 is 2.75 bits per heavy atom. The van der Waals surface area contributed by atoms with Gasteiger partial charge in [-0.05, 0) is 24.3 Å². The highest BCUT2D eigenvalue weighted by Crippen LogP contribution is 2.27. The molecule has 1 heterocycles. The van der Waals surface area contributed by atoms with E-state index in [1.54, 1.807) is 19.2 Å². The Bertz CT molecular complexity index is 664. The van der Waals surface area contributed by atoms with Crippen molar-refractivity contribution in [2.45, 2.75) is 0 Å². The summed E-state index contributed by atoms with van der Waals surface area (Å²) in [7, 11) is 1.56. The topological polar surface area (TPSA) is 71.5 Å². The van der Waals surface area contributed by atoms with Crippen LogP contribution in [-0.4, -0.2) is 23.2 Å². The average molecular weight is 358 g/mol. The van der Waals surface area contributed by atoms with Gasteiger partial charge in [0.05, 0.1) is 12.7 Å². The van der Waals surface area contributed by atoms with E-state index in [0.717, 1.165) is 4.47 Å². The summed E-state index contributed by atoms with van der Waals surface area (Å²) < 4.78 is 5.97. The average Bonchev–Trinajstić information content (AvgIpc) is 2.37. The maximum atomic E-state index is 11.0. The molecule has 2 rings (SSSR count). The van der Waals surface area contributed by atoms with E-state index in [1.165, 1.54) is 12.1 Å². The summed E-state index contributed by atoms with van der Waals surface area (Å²) in [4.78, 5) is 15.0. The number of halogens is 2. The van der Waals surface area contributed by atoms with Gasteiger partial charge in [-0.15, -0.1) is 0 Å². The minimum absolute atomic E-state index is 0.0643. The molecule has 0 radical (unpaired) electrons. The predicted molar refractivity (Wildman–Crippen MR) is 80.2 cm³/mol.